The fourth-order valence-electron chi connectivity index (χ4n) is 4.95. The lowest BCUT2D eigenvalue weighted by molar-refractivity contribution is -0.121. The van der Waals surface area contributed by atoms with Crippen molar-refractivity contribution in [3.05, 3.63) is 125 Å². The van der Waals surface area contributed by atoms with Crippen molar-refractivity contribution in [1.29, 1.82) is 0 Å². The Bertz CT molecular complexity index is 1620. The highest BCUT2D eigenvalue weighted by molar-refractivity contribution is 5.89. The Morgan fingerprint density at radius 3 is 2.50 bits per heavy atom. The predicted molar refractivity (Wildman–Crippen MR) is 142 cm³/mol. The smallest absolute Gasteiger partial charge is 0.225 e. The van der Waals surface area contributed by atoms with Gasteiger partial charge in [-0.2, -0.15) is 0 Å². The van der Waals surface area contributed by atoms with Crippen LogP contribution >= 0.6 is 0 Å². The van der Waals surface area contributed by atoms with E-state index < -0.39 is 6.04 Å². The number of pyridine rings is 1. The van der Waals surface area contributed by atoms with E-state index in [1.165, 1.54) is 36.4 Å². The molecule has 0 fully saturated rings. The summed E-state index contributed by atoms with van der Waals surface area (Å²) in [6.07, 6.45) is 3.63. The Kier molecular flexibility index (Phi) is 7.01. The van der Waals surface area contributed by atoms with Crippen LogP contribution in [0.15, 0.2) is 79.1 Å². The van der Waals surface area contributed by atoms with Gasteiger partial charge in [-0.05, 0) is 96.6 Å². The predicted octanol–water partition coefficient (Wildman–Crippen LogP) is 6.91. The number of aromatic nitrogens is 2. The lowest BCUT2D eigenvalue weighted by Gasteiger charge is -2.22. The number of amides is 1. The van der Waals surface area contributed by atoms with Crippen LogP contribution in [0.2, 0.25) is 0 Å². The number of carbonyl (C=O) groups is 1. The molecule has 2 heterocycles. The fourth-order valence-corrected chi connectivity index (χ4v) is 4.95. The molecule has 2 N–H and O–H groups in total. The van der Waals surface area contributed by atoms with Crippen molar-refractivity contribution in [2.45, 2.75) is 32.7 Å². The number of aromatic amines is 1. The molecule has 4 nitrogen and oxygen atoms in total. The van der Waals surface area contributed by atoms with Crippen molar-refractivity contribution < 1.29 is 18.0 Å². The van der Waals surface area contributed by atoms with Crippen LogP contribution in [0.4, 0.5) is 13.2 Å². The topological polar surface area (TPSA) is 57.8 Å². The fraction of sp³-hybridized carbons (Fsp3) is 0.161. The Morgan fingerprint density at radius 1 is 0.921 bits per heavy atom. The highest BCUT2D eigenvalue weighted by atomic mass is 19.1. The molecule has 38 heavy (non-hydrogen) atoms. The normalized spacial score (nSPS) is 12.0. The Balaban J connectivity index is 1.52. The van der Waals surface area contributed by atoms with Gasteiger partial charge in [0.1, 0.15) is 17.5 Å². The van der Waals surface area contributed by atoms with E-state index >= 15 is 0 Å². The zero-order valence-electron chi connectivity index (χ0n) is 21.0. The molecule has 0 saturated heterocycles. The minimum absolute atomic E-state index is 0.0138. The molecule has 0 aliphatic carbocycles. The number of hydrogen-bond acceptors (Lipinski definition) is 2. The zero-order chi connectivity index (χ0) is 26.8. The molecule has 0 aliphatic heterocycles. The second kappa shape index (κ2) is 10.5. The van der Waals surface area contributed by atoms with Gasteiger partial charge in [-0.3, -0.25) is 9.78 Å². The van der Waals surface area contributed by atoms with Crippen molar-refractivity contribution in [2.75, 3.05) is 0 Å². The quantitative estimate of drug-likeness (QED) is 0.249. The highest BCUT2D eigenvalue weighted by Crippen LogP contribution is 2.32. The van der Waals surface area contributed by atoms with Gasteiger partial charge in [-0.1, -0.05) is 18.2 Å². The van der Waals surface area contributed by atoms with E-state index in [-0.39, 0.29) is 36.2 Å². The molecule has 1 amide bonds. The third-order valence-corrected chi connectivity index (χ3v) is 6.60. The maximum absolute atomic E-state index is 14.2. The monoisotopic (exact) mass is 513 g/mol. The van der Waals surface area contributed by atoms with Crippen LogP contribution in [0.5, 0.6) is 0 Å². The highest BCUT2D eigenvalue weighted by Gasteiger charge is 2.23. The Morgan fingerprint density at radius 2 is 1.71 bits per heavy atom. The number of aryl methyl sites for hydroxylation is 2. The molecule has 0 saturated carbocycles. The molecule has 0 unspecified atom stereocenters. The van der Waals surface area contributed by atoms with Gasteiger partial charge >= 0.3 is 0 Å². The van der Waals surface area contributed by atoms with Crippen LogP contribution in [-0.4, -0.2) is 15.9 Å². The van der Waals surface area contributed by atoms with Crippen LogP contribution < -0.4 is 5.32 Å². The van der Waals surface area contributed by atoms with Crippen molar-refractivity contribution in [2.24, 2.45) is 0 Å². The molecule has 1 atom stereocenters. The molecule has 0 radical (unpaired) electrons. The number of H-pyrrole nitrogens is 1. The van der Waals surface area contributed by atoms with Gasteiger partial charge in [0.15, 0.2) is 0 Å². The van der Waals surface area contributed by atoms with Gasteiger partial charge in [-0.15, -0.1) is 0 Å². The Labute approximate surface area is 218 Å². The Hall–Kier alpha value is -4.39. The van der Waals surface area contributed by atoms with Gasteiger partial charge in [0.2, 0.25) is 5.91 Å². The summed E-state index contributed by atoms with van der Waals surface area (Å²) in [6.45, 7) is 3.62. The number of fused-ring (bicyclic) bond motifs is 1. The molecule has 5 rings (SSSR count). The van der Waals surface area contributed by atoms with Gasteiger partial charge in [0, 0.05) is 28.9 Å². The molecule has 3 aromatic carbocycles. The van der Waals surface area contributed by atoms with Crippen molar-refractivity contribution >= 4 is 16.8 Å². The van der Waals surface area contributed by atoms with Crippen LogP contribution in [0.25, 0.3) is 22.0 Å². The summed E-state index contributed by atoms with van der Waals surface area (Å²) in [5.74, 6) is -1.37. The van der Waals surface area contributed by atoms with E-state index in [9.17, 15) is 18.0 Å². The number of hydrogen-bond donors (Lipinski definition) is 2. The maximum atomic E-state index is 14.2. The molecule has 7 heteroatoms. The summed E-state index contributed by atoms with van der Waals surface area (Å²) in [7, 11) is 0. The zero-order valence-corrected chi connectivity index (χ0v) is 21.0. The maximum Gasteiger partial charge on any atom is 0.225 e. The first-order valence-electron chi connectivity index (χ1n) is 12.3. The van der Waals surface area contributed by atoms with E-state index in [1.807, 2.05) is 26.0 Å². The average molecular weight is 514 g/mol. The van der Waals surface area contributed by atoms with Gasteiger partial charge < -0.3 is 10.3 Å². The summed E-state index contributed by atoms with van der Waals surface area (Å²) in [5, 5.41) is 3.71. The summed E-state index contributed by atoms with van der Waals surface area (Å²) in [5.41, 5.74) is 5.71. The lowest BCUT2D eigenvalue weighted by atomic mass is 9.93. The number of rotatable bonds is 7. The number of nitrogens with zero attached hydrogens (tertiary/aromatic N) is 1. The van der Waals surface area contributed by atoms with E-state index in [0.29, 0.717) is 22.2 Å². The molecule has 192 valence electrons. The SMILES string of the molecule is Cc1cc(F)cc(C[C@H](NC(=O)Cc2c[nH]c3ccc(F)cc23)c2ncccc2-c2ccc(F)cc2C)c1. The molecule has 5 aromatic rings. The van der Waals surface area contributed by atoms with Crippen molar-refractivity contribution in [1.82, 2.24) is 15.3 Å². The largest absolute Gasteiger partial charge is 0.361 e. The summed E-state index contributed by atoms with van der Waals surface area (Å²) >= 11 is 0. The third-order valence-electron chi connectivity index (χ3n) is 6.60. The summed E-state index contributed by atoms with van der Waals surface area (Å²) < 4.78 is 41.9. The molecule has 0 aliphatic rings. The summed E-state index contributed by atoms with van der Waals surface area (Å²) in [6, 6.07) is 16.7. The first-order valence-corrected chi connectivity index (χ1v) is 12.3. The number of nitrogens with one attached hydrogen (secondary N) is 2. The third kappa shape index (κ3) is 5.47. The van der Waals surface area contributed by atoms with Crippen LogP contribution in [0, 0.1) is 31.3 Å². The van der Waals surface area contributed by atoms with E-state index in [4.69, 9.17) is 0 Å². The molecular formula is C31H26F3N3O. The first kappa shape index (κ1) is 25.3. The summed E-state index contributed by atoms with van der Waals surface area (Å²) in [4.78, 5) is 21.0. The number of halogens is 3. The molecule has 2 aromatic heterocycles. The minimum atomic E-state index is -0.605. The van der Waals surface area contributed by atoms with Crippen LogP contribution in [-0.2, 0) is 17.6 Å². The van der Waals surface area contributed by atoms with Gasteiger partial charge in [0.25, 0.3) is 0 Å². The van der Waals surface area contributed by atoms with Crippen LogP contribution in [0.1, 0.15) is 34.0 Å². The molecule has 0 spiro atoms. The van der Waals surface area contributed by atoms with Gasteiger partial charge in [-0.25, -0.2) is 13.2 Å². The van der Waals surface area contributed by atoms with Crippen molar-refractivity contribution in [3.8, 4) is 11.1 Å². The van der Waals surface area contributed by atoms with E-state index in [2.05, 4.69) is 15.3 Å². The van der Waals surface area contributed by atoms with Crippen LogP contribution in [0.3, 0.4) is 0 Å². The number of carbonyl (C=O) groups excluding carboxylic acids is 1. The van der Waals surface area contributed by atoms with Gasteiger partial charge in [0.05, 0.1) is 18.2 Å². The number of benzene rings is 3. The van der Waals surface area contributed by atoms with E-state index in [1.54, 1.807) is 30.6 Å². The average Bonchev–Trinajstić information content (AvgIpc) is 3.24. The molecular weight excluding hydrogens is 487 g/mol. The minimum Gasteiger partial charge on any atom is -0.361 e. The first-order chi connectivity index (χ1) is 18.3. The second-order valence-electron chi connectivity index (χ2n) is 9.54. The van der Waals surface area contributed by atoms with E-state index in [0.717, 1.165) is 27.8 Å². The standard InChI is InChI=1S/C31H26F3N3O/c1-18-10-20(13-24(34)11-18)14-29(31-26(4-3-9-35-31)25-7-5-22(32)12-19(25)2)37-30(38)15-21-17-36-28-8-6-23(33)16-27(21)28/h3-13,16-17,29,36H,14-15H2,1-2H3,(H,37,38)/t29-/m0/s1. The van der Waals surface area contributed by atoms with Crippen molar-refractivity contribution in [3.63, 3.8) is 0 Å². The lowest BCUT2D eigenvalue weighted by Crippen LogP contribution is -2.32. The second-order valence-corrected chi connectivity index (χ2v) is 9.54. The molecule has 0 bridgehead atoms.